The number of furan rings is 1. The molecule has 0 aliphatic carbocycles. The van der Waals surface area contributed by atoms with Gasteiger partial charge in [-0.15, -0.1) is 11.3 Å². The minimum Gasteiger partial charge on any atom is -0.459 e. The van der Waals surface area contributed by atoms with Crippen molar-refractivity contribution in [1.29, 1.82) is 0 Å². The summed E-state index contributed by atoms with van der Waals surface area (Å²) in [4.78, 5) is 40.9. The quantitative estimate of drug-likeness (QED) is 0.322. The maximum absolute atomic E-state index is 12.8. The van der Waals surface area contributed by atoms with Crippen LogP contribution in [-0.2, 0) is 4.79 Å². The molecule has 4 rings (SSSR count). The van der Waals surface area contributed by atoms with E-state index in [4.69, 9.17) is 4.42 Å². The van der Waals surface area contributed by atoms with Crippen LogP contribution in [0, 0.1) is 6.92 Å². The molecule has 2 aromatic heterocycles. The molecule has 35 heavy (non-hydrogen) atoms. The third-order valence-electron chi connectivity index (χ3n) is 5.34. The Balaban J connectivity index is 1.43. The summed E-state index contributed by atoms with van der Waals surface area (Å²) in [5.41, 5.74) is 4.35. The second-order valence-electron chi connectivity index (χ2n) is 8.00. The summed E-state index contributed by atoms with van der Waals surface area (Å²) in [6, 6.07) is 15.9. The Labute approximate surface area is 206 Å². The molecule has 0 aliphatic rings. The van der Waals surface area contributed by atoms with Crippen LogP contribution < -0.4 is 16.0 Å². The SMILES string of the molecule is CC(=O)NC(C)c1ccc(-c2csc(NC(=O)c3ccc(C)c(NC(=O)c4ccco4)c3)n2)cc1. The van der Waals surface area contributed by atoms with Gasteiger partial charge in [-0.2, -0.15) is 0 Å². The first-order chi connectivity index (χ1) is 16.8. The number of hydrogen-bond acceptors (Lipinski definition) is 6. The van der Waals surface area contributed by atoms with Gasteiger partial charge in [-0.3, -0.25) is 19.7 Å². The molecule has 1 unspecified atom stereocenters. The molecule has 1 atom stereocenters. The number of aromatic nitrogens is 1. The van der Waals surface area contributed by atoms with Crippen molar-refractivity contribution in [1.82, 2.24) is 10.3 Å². The summed E-state index contributed by atoms with van der Waals surface area (Å²) in [5.74, 6) is -0.620. The van der Waals surface area contributed by atoms with Crippen LogP contribution >= 0.6 is 11.3 Å². The number of hydrogen-bond donors (Lipinski definition) is 3. The lowest BCUT2D eigenvalue weighted by molar-refractivity contribution is -0.119. The summed E-state index contributed by atoms with van der Waals surface area (Å²) in [6.45, 7) is 5.25. The summed E-state index contributed by atoms with van der Waals surface area (Å²) >= 11 is 1.32. The highest BCUT2D eigenvalue weighted by atomic mass is 32.1. The molecule has 178 valence electrons. The van der Waals surface area contributed by atoms with Crippen molar-refractivity contribution in [2.45, 2.75) is 26.8 Å². The fourth-order valence-electron chi connectivity index (χ4n) is 3.45. The van der Waals surface area contributed by atoms with Gasteiger partial charge < -0.3 is 15.1 Å². The number of aryl methyl sites for hydroxylation is 1. The molecule has 9 heteroatoms. The first kappa shape index (κ1) is 23.9. The minimum absolute atomic E-state index is 0.0814. The van der Waals surface area contributed by atoms with E-state index in [0.29, 0.717) is 16.4 Å². The highest BCUT2D eigenvalue weighted by molar-refractivity contribution is 7.14. The van der Waals surface area contributed by atoms with Gasteiger partial charge in [-0.1, -0.05) is 30.3 Å². The largest absolute Gasteiger partial charge is 0.459 e. The highest BCUT2D eigenvalue weighted by Crippen LogP contribution is 2.27. The van der Waals surface area contributed by atoms with E-state index >= 15 is 0 Å². The van der Waals surface area contributed by atoms with E-state index in [-0.39, 0.29) is 23.6 Å². The van der Waals surface area contributed by atoms with Crippen molar-refractivity contribution in [3.63, 3.8) is 0 Å². The number of nitrogens with zero attached hydrogens (tertiary/aromatic N) is 1. The molecule has 0 saturated carbocycles. The molecule has 0 radical (unpaired) electrons. The van der Waals surface area contributed by atoms with E-state index in [1.165, 1.54) is 24.5 Å². The number of thiazole rings is 1. The van der Waals surface area contributed by atoms with Crippen LogP contribution in [0.2, 0.25) is 0 Å². The van der Waals surface area contributed by atoms with Crippen LogP contribution in [0.25, 0.3) is 11.3 Å². The van der Waals surface area contributed by atoms with Gasteiger partial charge in [0.05, 0.1) is 18.0 Å². The van der Waals surface area contributed by atoms with Crippen LogP contribution in [0.5, 0.6) is 0 Å². The first-order valence-corrected chi connectivity index (χ1v) is 11.8. The van der Waals surface area contributed by atoms with E-state index in [2.05, 4.69) is 20.9 Å². The van der Waals surface area contributed by atoms with Gasteiger partial charge in [0.2, 0.25) is 5.91 Å². The normalized spacial score (nSPS) is 11.5. The van der Waals surface area contributed by atoms with E-state index < -0.39 is 5.91 Å². The number of carbonyl (C=O) groups is 3. The molecule has 0 spiro atoms. The monoisotopic (exact) mass is 488 g/mol. The van der Waals surface area contributed by atoms with Crippen molar-refractivity contribution in [3.8, 4) is 11.3 Å². The lowest BCUT2D eigenvalue weighted by atomic mass is 10.1. The maximum atomic E-state index is 12.8. The Kier molecular flexibility index (Phi) is 7.07. The average Bonchev–Trinajstić information content (AvgIpc) is 3.53. The van der Waals surface area contributed by atoms with Crippen LogP contribution in [0.4, 0.5) is 10.8 Å². The van der Waals surface area contributed by atoms with Crippen LogP contribution in [0.15, 0.2) is 70.7 Å². The molecule has 0 fully saturated rings. The van der Waals surface area contributed by atoms with Crippen molar-refractivity contribution >= 4 is 39.9 Å². The lowest BCUT2D eigenvalue weighted by Crippen LogP contribution is -2.23. The topological polar surface area (TPSA) is 113 Å². The summed E-state index contributed by atoms with van der Waals surface area (Å²) < 4.78 is 5.12. The zero-order chi connectivity index (χ0) is 24.9. The van der Waals surface area contributed by atoms with Crippen molar-refractivity contribution in [2.75, 3.05) is 10.6 Å². The zero-order valence-corrected chi connectivity index (χ0v) is 20.2. The molecule has 0 saturated heterocycles. The van der Waals surface area contributed by atoms with Gasteiger partial charge >= 0.3 is 0 Å². The first-order valence-electron chi connectivity index (χ1n) is 10.9. The van der Waals surface area contributed by atoms with E-state index in [1.54, 1.807) is 30.3 Å². The van der Waals surface area contributed by atoms with Gasteiger partial charge in [0, 0.05) is 29.1 Å². The number of rotatable bonds is 7. The molecule has 2 aromatic carbocycles. The molecular formula is C26H24N4O4S. The second kappa shape index (κ2) is 10.4. The molecule has 0 aliphatic heterocycles. The standard InChI is InChI=1S/C26H24N4O4S/c1-15-6-7-20(13-21(15)28-25(33)23-5-4-12-34-23)24(32)30-26-29-22(14-35-26)19-10-8-18(9-11-19)16(2)27-17(3)31/h4-14,16H,1-3H3,(H,27,31)(H,28,33)(H,29,30,32). The molecule has 2 heterocycles. The molecule has 4 aromatic rings. The summed E-state index contributed by atoms with van der Waals surface area (Å²) in [6.07, 6.45) is 1.43. The summed E-state index contributed by atoms with van der Waals surface area (Å²) in [7, 11) is 0. The average molecular weight is 489 g/mol. The Bertz CT molecular complexity index is 1360. The smallest absolute Gasteiger partial charge is 0.291 e. The van der Waals surface area contributed by atoms with Gasteiger partial charge in [0.15, 0.2) is 10.9 Å². The van der Waals surface area contributed by atoms with Crippen LogP contribution in [-0.4, -0.2) is 22.7 Å². The Hall–Kier alpha value is -4.24. The van der Waals surface area contributed by atoms with E-state index in [1.807, 2.05) is 43.5 Å². The number of amides is 3. The van der Waals surface area contributed by atoms with Gasteiger partial charge in [-0.25, -0.2) is 4.98 Å². The third-order valence-corrected chi connectivity index (χ3v) is 6.10. The molecular weight excluding hydrogens is 464 g/mol. The van der Waals surface area contributed by atoms with E-state index in [9.17, 15) is 14.4 Å². The minimum atomic E-state index is -0.391. The van der Waals surface area contributed by atoms with Crippen molar-refractivity contribution in [3.05, 3.63) is 88.7 Å². The van der Waals surface area contributed by atoms with Crippen LogP contribution in [0.3, 0.4) is 0 Å². The predicted molar refractivity (Wildman–Crippen MR) is 136 cm³/mol. The van der Waals surface area contributed by atoms with Gasteiger partial charge in [0.25, 0.3) is 11.8 Å². The maximum Gasteiger partial charge on any atom is 0.291 e. The Morgan fingerprint density at radius 2 is 1.77 bits per heavy atom. The zero-order valence-electron chi connectivity index (χ0n) is 19.4. The summed E-state index contributed by atoms with van der Waals surface area (Å²) in [5, 5.41) is 10.8. The Morgan fingerprint density at radius 1 is 1.00 bits per heavy atom. The second-order valence-corrected chi connectivity index (χ2v) is 8.86. The highest BCUT2D eigenvalue weighted by Gasteiger charge is 2.15. The number of nitrogens with one attached hydrogen (secondary N) is 3. The molecule has 0 bridgehead atoms. The molecule has 3 N–H and O–H groups in total. The fraction of sp³-hybridized carbons (Fsp3) is 0.154. The Morgan fingerprint density at radius 3 is 2.46 bits per heavy atom. The van der Waals surface area contributed by atoms with Crippen LogP contribution in [0.1, 0.15) is 51.9 Å². The third kappa shape index (κ3) is 5.82. The number of carbonyl (C=O) groups excluding carboxylic acids is 3. The van der Waals surface area contributed by atoms with Gasteiger partial charge in [-0.05, 0) is 49.2 Å². The number of anilines is 2. The van der Waals surface area contributed by atoms with Crippen molar-refractivity contribution in [2.24, 2.45) is 0 Å². The fourth-order valence-corrected chi connectivity index (χ4v) is 4.17. The van der Waals surface area contributed by atoms with Crippen molar-refractivity contribution < 1.29 is 18.8 Å². The lowest BCUT2D eigenvalue weighted by Gasteiger charge is -2.13. The molecule has 8 nitrogen and oxygen atoms in total. The van der Waals surface area contributed by atoms with Gasteiger partial charge in [0.1, 0.15) is 0 Å². The number of benzene rings is 2. The molecule has 3 amide bonds. The predicted octanol–water partition coefficient (Wildman–Crippen LogP) is 5.41. The van der Waals surface area contributed by atoms with E-state index in [0.717, 1.165) is 22.4 Å².